The Morgan fingerprint density at radius 1 is 1.41 bits per heavy atom. The lowest BCUT2D eigenvalue weighted by Crippen LogP contribution is -2.26. The highest BCUT2D eigenvalue weighted by molar-refractivity contribution is 8.00. The van der Waals surface area contributed by atoms with Gasteiger partial charge in [0.15, 0.2) is 0 Å². The van der Waals surface area contributed by atoms with E-state index in [0.717, 1.165) is 29.5 Å². The van der Waals surface area contributed by atoms with Crippen molar-refractivity contribution >= 4 is 29.3 Å². The van der Waals surface area contributed by atoms with Gasteiger partial charge in [0.25, 0.3) is 5.91 Å². The number of anilines is 1. The molecular formula is C16H20N2O3S. The number of ether oxygens (including phenoxy) is 1. The van der Waals surface area contributed by atoms with Gasteiger partial charge in [-0.05, 0) is 43.4 Å². The summed E-state index contributed by atoms with van der Waals surface area (Å²) in [6, 6.07) is 5.41. The Balaban J connectivity index is 1.43. The van der Waals surface area contributed by atoms with Crippen molar-refractivity contribution in [2.24, 2.45) is 5.92 Å². The van der Waals surface area contributed by atoms with E-state index >= 15 is 0 Å². The minimum Gasteiger partial charge on any atom is -0.381 e. The molecule has 0 radical (unpaired) electrons. The van der Waals surface area contributed by atoms with E-state index in [1.165, 1.54) is 24.6 Å². The zero-order valence-corrected chi connectivity index (χ0v) is 13.2. The third-order valence-corrected chi connectivity index (χ3v) is 4.75. The molecule has 2 amide bonds. The minimum absolute atomic E-state index is 0.0251. The Kier molecular flexibility index (Phi) is 5.00. The van der Waals surface area contributed by atoms with Crippen molar-refractivity contribution in [2.75, 3.05) is 30.8 Å². The molecule has 5 nitrogen and oxygen atoms in total. The smallest absolute Gasteiger partial charge is 0.251 e. The molecule has 118 valence electrons. The number of rotatable bonds is 7. The van der Waals surface area contributed by atoms with E-state index in [1.54, 1.807) is 12.1 Å². The Bertz CT molecular complexity index is 573. The van der Waals surface area contributed by atoms with Crippen molar-refractivity contribution in [1.29, 1.82) is 0 Å². The highest BCUT2D eigenvalue weighted by atomic mass is 32.2. The first-order chi connectivity index (χ1) is 10.7. The fraction of sp³-hybridized carbons (Fsp3) is 0.500. The largest absolute Gasteiger partial charge is 0.381 e. The van der Waals surface area contributed by atoms with Crippen LogP contribution in [-0.2, 0) is 9.53 Å². The van der Waals surface area contributed by atoms with Gasteiger partial charge in [-0.15, -0.1) is 11.8 Å². The molecule has 1 heterocycles. The van der Waals surface area contributed by atoms with E-state index in [2.05, 4.69) is 10.6 Å². The molecule has 6 heteroatoms. The second-order valence-corrected chi connectivity index (χ2v) is 6.69. The third kappa shape index (κ3) is 4.24. The summed E-state index contributed by atoms with van der Waals surface area (Å²) in [5, 5.41) is 5.68. The van der Waals surface area contributed by atoms with Gasteiger partial charge in [-0.2, -0.15) is 0 Å². The summed E-state index contributed by atoms with van der Waals surface area (Å²) >= 11 is 1.49. The summed E-state index contributed by atoms with van der Waals surface area (Å²) in [6.45, 7) is 2.14. The molecule has 0 atom stereocenters. The predicted molar refractivity (Wildman–Crippen MR) is 86.3 cm³/mol. The zero-order valence-electron chi connectivity index (χ0n) is 12.4. The average Bonchev–Trinajstić information content (AvgIpc) is 3.34. The van der Waals surface area contributed by atoms with Crippen LogP contribution in [-0.4, -0.2) is 37.3 Å². The van der Waals surface area contributed by atoms with Crippen LogP contribution in [0.3, 0.4) is 0 Å². The second-order valence-electron chi connectivity index (χ2n) is 5.68. The molecule has 1 saturated carbocycles. The average molecular weight is 320 g/mol. The topological polar surface area (TPSA) is 67.4 Å². The lowest BCUT2D eigenvalue weighted by molar-refractivity contribution is -0.113. The number of carbonyl (C=O) groups excluding carboxylic acids is 2. The lowest BCUT2D eigenvalue weighted by Gasteiger charge is -2.16. The predicted octanol–water partition coefficient (Wildman–Crippen LogP) is 2.28. The number of carbonyl (C=O) groups is 2. The summed E-state index contributed by atoms with van der Waals surface area (Å²) in [6.07, 6.45) is 3.41. The van der Waals surface area contributed by atoms with E-state index in [-0.39, 0.29) is 11.8 Å². The van der Waals surface area contributed by atoms with Gasteiger partial charge in [0.05, 0.1) is 11.4 Å². The van der Waals surface area contributed by atoms with E-state index in [4.69, 9.17) is 4.74 Å². The van der Waals surface area contributed by atoms with E-state index < -0.39 is 0 Å². The number of thioether (sulfide) groups is 1. The number of hydrogen-bond donors (Lipinski definition) is 2. The van der Waals surface area contributed by atoms with Crippen molar-refractivity contribution in [3.63, 3.8) is 0 Å². The zero-order chi connectivity index (χ0) is 15.4. The maximum Gasteiger partial charge on any atom is 0.251 e. The number of nitrogens with one attached hydrogen (secondary N) is 2. The Hall–Kier alpha value is -1.53. The summed E-state index contributed by atoms with van der Waals surface area (Å²) in [5.41, 5.74) is 1.29. The first-order valence-corrected chi connectivity index (χ1v) is 8.63. The van der Waals surface area contributed by atoms with Gasteiger partial charge in [0.1, 0.15) is 0 Å². The maximum atomic E-state index is 12.1. The fourth-order valence-electron chi connectivity index (χ4n) is 2.24. The molecule has 1 aromatic carbocycles. The Morgan fingerprint density at radius 2 is 2.27 bits per heavy atom. The van der Waals surface area contributed by atoms with Crippen LogP contribution in [0, 0.1) is 5.92 Å². The summed E-state index contributed by atoms with van der Waals surface area (Å²) in [4.78, 5) is 24.5. The molecule has 1 aromatic rings. The molecule has 0 spiro atoms. The van der Waals surface area contributed by atoms with E-state index in [1.807, 2.05) is 6.07 Å². The molecule has 0 saturated heterocycles. The monoisotopic (exact) mass is 320 g/mol. The molecule has 0 bridgehead atoms. The Morgan fingerprint density at radius 3 is 3.09 bits per heavy atom. The van der Waals surface area contributed by atoms with Crippen molar-refractivity contribution in [1.82, 2.24) is 5.32 Å². The van der Waals surface area contributed by atoms with Crippen LogP contribution in [0.5, 0.6) is 0 Å². The quantitative estimate of drug-likeness (QED) is 0.756. The van der Waals surface area contributed by atoms with Crippen LogP contribution in [0.4, 0.5) is 5.69 Å². The normalized spacial score (nSPS) is 16.8. The van der Waals surface area contributed by atoms with Crippen molar-refractivity contribution in [2.45, 2.75) is 24.2 Å². The summed E-state index contributed by atoms with van der Waals surface area (Å²) < 4.78 is 5.53. The molecule has 0 aromatic heterocycles. The molecule has 0 unspecified atom stereocenters. The Labute approximate surface area is 134 Å². The first kappa shape index (κ1) is 15.4. The maximum absolute atomic E-state index is 12.1. The molecule has 2 N–H and O–H groups in total. The summed E-state index contributed by atoms with van der Waals surface area (Å²) in [7, 11) is 0. The molecule has 1 aliphatic heterocycles. The van der Waals surface area contributed by atoms with Gasteiger partial charge in [-0.3, -0.25) is 9.59 Å². The van der Waals surface area contributed by atoms with Gasteiger partial charge in [-0.1, -0.05) is 0 Å². The lowest BCUT2D eigenvalue weighted by atomic mass is 10.2. The van der Waals surface area contributed by atoms with Crippen LogP contribution in [0.15, 0.2) is 23.1 Å². The van der Waals surface area contributed by atoms with Crippen LogP contribution in [0.2, 0.25) is 0 Å². The SMILES string of the molecule is O=C1CSc2ccc(C(=O)NCCCOCC3CC3)cc2N1. The van der Waals surface area contributed by atoms with Gasteiger partial charge in [0.2, 0.25) is 5.91 Å². The highest BCUT2D eigenvalue weighted by Gasteiger charge is 2.21. The number of amides is 2. The standard InChI is InChI=1S/C16H20N2O3S/c19-15-10-22-14-5-4-12(8-13(14)18-15)16(20)17-6-1-7-21-9-11-2-3-11/h4-5,8,11H,1-3,6-7,9-10H2,(H,17,20)(H,18,19). The highest BCUT2D eigenvalue weighted by Crippen LogP contribution is 2.32. The number of benzene rings is 1. The molecule has 2 aliphatic rings. The van der Waals surface area contributed by atoms with Gasteiger partial charge in [0, 0.05) is 30.2 Å². The third-order valence-electron chi connectivity index (χ3n) is 3.68. The second kappa shape index (κ2) is 7.15. The van der Waals surface area contributed by atoms with Crippen LogP contribution in [0.1, 0.15) is 29.6 Å². The fourth-order valence-corrected chi connectivity index (χ4v) is 3.03. The van der Waals surface area contributed by atoms with Crippen molar-refractivity contribution in [3.05, 3.63) is 23.8 Å². The summed E-state index contributed by atoms with van der Waals surface area (Å²) in [5.74, 6) is 1.07. The molecule has 1 fully saturated rings. The van der Waals surface area contributed by atoms with Crippen molar-refractivity contribution in [3.8, 4) is 0 Å². The van der Waals surface area contributed by atoms with Gasteiger partial charge < -0.3 is 15.4 Å². The van der Waals surface area contributed by atoms with Crippen molar-refractivity contribution < 1.29 is 14.3 Å². The first-order valence-electron chi connectivity index (χ1n) is 7.65. The van der Waals surface area contributed by atoms with Crippen LogP contribution in [0.25, 0.3) is 0 Å². The minimum atomic E-state index is -0.116. The molecular weight excluding hydrogens is 300 g/mol. The molecule has 1 aliphatic carbocycles. The number of hydrogen-bond acceptors (Lipinski definition) is 4. The van der Waals surface area contributed by atoms with Crippen LogP contribution >= 0.6 is 11.8 Å². The molecule has 22 heavy (non-hydrogen) atoms. The number of fused-ring (bicyclic) bond motifs is 1. The van der Waals surface area contributed by atoms with E-state index in [9.17, 15) is 9.59 Å². The molecule has 3 rings (SSSR count). The van der Waals surface area contributed by atoms with Crippen LogP contribution < -0.4 is 10.6 Å². The van der Waals surface area contributed by atoms with E-state index in [0.29, 0.717) is 24.5 Å². The van der Waals surface area contributed by atoms with Gasteiger partial charge in [-0.25, -0.2) is 0 Å². The van der Waals surface area contributed by atoms with Gasteiger partial charge >= 0.3 is 0 Å².